The minimum atomic E-state index is -1.07. The number of nitrogens with one attached hydrogen (secondary N) is 3. The Balaban J connectivity index is 0.719. The highest BCUT2D eigenvalue weighted by Gasteiger charge is 2.52. The van der Waals surface area contributed by atoms with E-state index in [1.54, 1.807) is 23.0 Å². The van der Waals surface area contributed by atoms with Gasteiger partial charge in [-0.2, -0.15) is 0 Å². The predicted molar refractivity (Wildman–Crippen MR) is 280 cm³/mol. The summed E-state index contributed by atoms with van der Waals surface area (Å²) in [5.41, 5.74) is 11.1. The molecule has 2 aromatic heterocycles. The quantitative estimate of drug-likeness (QED) is 0.0710. The molecule has 372 valence electrons. The molecular formula is C58H65N9O5. The molecule has 0 atom stereocenters. The number of hydrogen-bond acceptors (Lipinski definition) is 10. The van der Waals surface area contributed by atoms with E-state index in [2.05, 4.69) is 127 Å². The zero-order valence-electron chi connectivity index (χ0n) is 42.5. The van der Waals surface area contributed by atoms with E-state index in [1.165, 1.54) is 5.69 Å². The van der Waals surface area contributed by atoms with Gasteiger partial charge in [0.15, 0.2) is 5.60 Å². The van der Waals surface area contributed by atoms with Crippen LogP contribution in [-0.4, -0.2) is 94.0 Å². The largest absolute Gasteiger partial charge is 0.493 e. The first-order valence-corrected chi connectivity index (χ1v) is 25.3. The van der Waals surface area contributed by atoms with Gasteiger partial charge in [0.25, 0.3) is 5.91 Å². The Labute approximate surface area is 421 Å². The van der Waals surface area contributed by atoms with E-state index in [9.17, 15) is 14.4 Å². The number of carbonyl (C=O) groups excluding carboxylic acids is 3. The molecule has 0 radical (unpaired) electrons. The van der Waals surface area contributed by atoms with E-state index in [0.29, 0.717) is 55.8 Å². The van der Waals surface area contributed by atoms with Crippen LogP contribution < -0.4 is 20.3 Å². The van der Waals surface area contributed by atoms with E-state index < -0.39 is 11.6 Å². The van der Waals surface area contributed by atoms with Crippen molar-refractivity contribution in [1.29, 1.82) is 0 Å². The van der Waals surface area contributed by atoms with Crippen LogP contribution in [0.5, 0.6) is 5.75 Å². The lowest BCUT2D eigenvalue weighted by atomic mass is 9.71. The number of carbonyl (C=O) groups is 3. The van der Waals surface area contributed by atoms with Crippen molar-refractivity contribution in [2.24, 2.45) is 0 Å². The Bertz CT molecular complexity index is 3110. The summed E-state index contributed by atoms with van der Waals surface area (Å²) >= 11 is 0. The van der Waals surface area contributed by atoms with Crippen LogP contribution in [0.1, 0.15) is 126 Å². The molecule has 3 N–H and O–H groups in total. The topological polar surface area (TPSA) is 160 Å². The molecule has 7 aromatic rings. The van der Waals surface area contributed by atoms with Gasteiger partial charge < -0.3 is 34.9 Å². The minimum absolute atomic E-state index is 0.0474. The third-order valence-electron chi connectivity index (χ3n) is 14.4. The van der Waals surface area contributed by atoms with Gasteiger partial charge in [0.1, 0.15) is 11.6 Å². The molecule has 3 aliphatic rings. The molecule has 0 unspecified atom stereocenters. The molecule has 0 saturated carbocycles. The van der Waals surface area contributed by atoms with Crippen molar-refractivity contribution in [2.45, 2.75) is 96.7 Å². The highest BCUT2D eigenvalue weighted by atomic mass is 16.6. The molecule has 14 nitrogen and oxygen atoms in total. The number of benzene rings is 5. The average Bonchev–Trinajstić information content (AvgIpc) is 4.08. The minimum Gasteiger partial charge on any atom is -0.493 e. The van der Waals surface area contributed by atoms with E-state index in [-0.39, 0.29) is 29.2 Å². The van der Waals surface area contributed by atoms with Crippen LogP contribution in [0.15, 0.2) is 103 Å². The maximum Gasteiger partial charge on any atom is 0.340 e. The summed E-state index contributed by atoms with van der Waals surface area (Å²) in [7, 11) is 2.17. The number of H-pyrrole nitrogens is 1. The fourth-order valence-electron chi connectivity index (χ4n) is 10.5. The molecule has 2 aliphatic heterocycles. The summed E-state index contributed by atoms with van der Waals surface area (Å²) in [6.07, 6.45) is 3.87. The summed E-state index contributed by atoms with van der Waals surface area (Å²) in [6, 6.07) is 32.3. The summed E-state index contributed by atoms with van der Waals surface area (Å²) in [5, 5.41) is 14.3. The molecule has 5 aromatic carbocycles. The summed E-state index contributed by atoms with van der Waals surface area (Å²) in [6.45, 7) is 18.9. The van der Waals surface area contributed by atoms with Crippen LogP contribution in [-0.2, 0) is 45.5 Å². The highest BCUT2D eigenvalue weighted by Crippen LogP contribution is 2.52. The van der Waals surface area contributed by atoms with E-state index in [4.69, 9.17) is 14.5 Å². The van der Waals surface area contributed by atoms with E-state index >= 15 is 0 Å². The second-order valence-corrected chi connectivity index (χ2v) is 21.6. The summed E-state index contributed by atoms with van der Waals surface area (Å²) in [5.74, 6) is 0.859. The van der Waals surface area contributed by atoms with Crippen LogP contribution >= 0.6 is 0 Å². The predicted octanol–water partition coefficient (Wildman–Crippen LogP) is 8.83. The monoisotopic (exact) mass is 968 g/mol. The van der Waals surface area contributed by atoms with Crippen molar-refractivity contribution in [2.75, 3.05) is 51.3 Å². The van der Waals surface area contributed by atoms with Gasteiger partial charge in [0.2, 0.25) is 5.91 Å². The number of fused-ring (bicyclic) bond motifs is 7. The summed E-state index contributed by atoms with van der Waals surface area (Å²) < 4.78 is 14.7. The number of esters is 1. The second kappa shape index (κ2) is 19.4. The lowest BCUT2D eigenvalue weighted by molar-refractivity contribution is -0.121. The third-order valence-corrected chi connectivity index (χ3v) is 14.4. The molecule has 10 rings (SSSR count). The number of nitrogens with zero attached hydrogens (tertiary/aromatic N) is 6. The number of ether oxygens (including phenoxy) is 2. The molecule has 1 fully saturated rings. The Morgan fingerprint density at radius 2 is 1.50 bits per heavy atom. The van der Waals surface area contributed by atoms with Gasteiger partial charge in [0, 0.05) is 90.3 Å². The number of aryl methyl sites for hydroxylation is 1. The molecular weight excluding hydrogens is 903 g/mol. The Morgan fingerprint density at radius 1 is 0.806 bits per heavy atom. The normalized spacial score (nSPS) is 15.3. The van der Waals surface area contributed by atoms with Gasteiger partial charge in [-0.1, -0.05) is 101 Å². The maximum absolute atomic E-state index is 13.6. The van der Waals surface area contributed by atoms with Crippen molar-refractivity contribution in [3.63, 3.8) is 0 Å². The number of likely N-dealkylation sites (N-methyl/N-ethyl adjacent to an activating group) is 1. The van der Waals surface area contributed by atoms with Gasteiger partial charge in [-0.25, -0.2) is 14.5 Å². The van der Waals surface area contributed by atoms with Gasteiger partial charge in [-0.05, 0) is 90.7 Å². The Hall–Kier alpha value is -7.32. The zero-order chi connectivity index (χ0) is 50.4. The highest BCUT2D eigenvalue weighted by molar-refractivity contribution is 6.01. The number of aromatic amines is 1. The van der Waals surface area contributed by atoms with Crippen molar-refractivity contribution in [3.8, 4) is 17.1 Å². The third kappa shape index (κ3) is 9.47. The number of piperazine rings is 1. The number of hydrogen-bond donors (Lipinski definition) is 3. The average molecular weight is 968 g/mol. The standard InChI is InChI=1S/C58H65N9O5/c1-56(2,3)47-32-40(53-62-49-22-20-41(34-50(49)63-53)66-27-25-65(7)26-28-66)33-48(57(4,5)6)52(47)71-29-12-18-51(68)59-23-13-24-67-42(36-61-64-67)35-60-54(69)39-19-21-46-43(31-39)55(70)72-58(46)44-16-10-8-14-37(44)30-38-15-9-11-17-45(38)58/h8-11,14-17,19-22,31-34,36H,12-13,18,23-30,35H2,1-7H3,(H,59,68)(H,60,69)(H,62,63). The fourth-order valence-corrected chi connectivity index (χ4v) is 10.5. The molecule has 1 aliphatic carbocycles. The Kier molecular flexibility index (Phi) is 13.0. The Morgan fingerprint density at radius 3 is 2.19 bits per heavy atom. The fraction of sp³-hybridized carbons (Fsp3) is 0.379. The zero-order valence-corrected chi connectivity index (χ0v) is 42.5. The van der Waals surface area contributed by atoms with E-state index in [0.717, 1.165) is 99.7 Å². The molecule has 4 heterocycles. The van der Waals surface area contributed by atoms with Crippen molar-refractivity contribution < 1.29 is 23.9 Å². The maximum atomic E-state index is 13.6. The lowest BCUT2D eigenvalue weighted by Gasteiger charge is -2.37. The van der Waals surface area contributed by atoms with Crippen molar-refractivity contribution in [3.05, 3.63) is 159 Å². The number of amides is 2. The number of anilines is 1. The SMILES string of the molecule is CN1CCN(c2ccc3nc(-c4cc(C(C)(C)C)c(OCCCC(=O)NCCCn5nncc5CNC(=O)c5ccc6c(c5)C(=O)OC65c6ccccc6Cc6ccccc65)c(C(C)(C)C)c4)[nH]c3c2)CC1. The van der Waals surface area contributed by atoms with Crippen LogP contribution in [0.4, 0.5) is 5.69 Å². The van der Waals surface area contributed by atoms with Gasteiger partial charge in [0.05, 0.1) is 41.6 Å². The first-order valence-electron chi connectivity index (χ1n) is 25.3. The first-order chi connectivity index (χ1) is 34.6. The van der Waals surface area contributed by atoms with Crippen molar-refractivity contribution in [1.82, 2.24) is 40.5 Å². The summed E-state index contributed by atoms with van der Waals surface area (Å²) in [4.78, 5) is 53.7. The van der Waals surface area contributed by atoms with Crippen molar-refractivity contribution >= 4 is 34.5 Å². The molecule has 1 spiro atoms. The molecule has 1 saturated heterocycles. The van der Waals surface area contributed by atoms with Crippen LogP contribution in [0.3, 0.4) is 0 Å². The number of aromatic nitrogens is 5. The molecule has 2 amide bonds. The number of imidazole rings is 1. The van der Waals surface area contributed by atoms with Gasteiger partial charge in [-0.15, -0.1) is 5.10 Å². The second-order valence-electron chi connectivity index (χ2n) is 21.6. The van der Waals surface area contributed by atoms with Gasteiger partial charge in [-0.3, -0.25) is 9.59 Å². The van der Waals surface area contributed by atoms with E-state index in [1.807, 2.05) is 42.5 Å². The van der Waals surface area contributed by atoms with Crippen LogP contribution in [0, 0.1) is 0 Å². The van der Waals surface area contributed by atoms with Crippen LogP contribution in [0.25, 0.3) is 22.4 Å². The molecule has 72 heavy (non-hydrogen) atoms. The molecule has 14 heteroatoms. The smallest absolute Gasteiger partial charge is 0.340 e. The first kappa shape index (κ1) is 48.3. The van der Waals surface area contributed by atoms with Gasteiger partial charge >= 0.3 is 5.97 Å². The number of rotatable bonds is 14. The van der Waals surface area contributed by atoms with Crippen LogP contribution in [0.2, 0.25) is 0 Å². The molecule has 0 bridgehead atoms. The lowest BCUT2D eigenvalue weighted by Crippen LogP contribution is -2.44.